The standard InChI is InChI=1S/C15H17FO2S/c1-11-15(6-8-18-11)19-10-13-4-5-14(16)9-12(13)3-2-7-17/h4-5,9,11,15,17H,6-8,10H2,1H3. The van der Waals surface area contributed by atoms with Crippen molar-refractivity contribution in [2.45, 2.75) is 30.5 Å². The fraction of sp³-hybridized carbons (Fsp3) is 0.467. The predicted molar refractivity (Wildman–Crippen MR) is 75.5 cm³/mol. The van der Waals surface area contributed by atoms with E-state index in [1.54, 1.807) is 6.07 Å². The van der Waals surface area contributed by atoms with E-state index in [1.165, 1.54) is 12.1 Å². The van der Waals surface area contributed by atoms with Crippen LogP contribution in [0.2, 0.25) is 0 Å². The van der Waals surface area contributed by atoms with Crippen LogP contribution in [0.15, 0.2) is 18.2 Å². The molecule has 1 aromatic carbocycles. The molecule has 1 aliphatic rings. The molecule has 0 aromatic heterocycles. The minimum absolute atomic E-state index is 0.212. The number of halogens is 1. The fourth-order valence-electron chi connectivity index (χ4n) is 2.05. The molecule has 2 rings (SSSR count). The molecule has 1 fully saturated rings. The van der Waals surface area contributed by atoms with Crippen LogP contribution in [-0.4, -0.2) is 29.7 Å². The Labute approximate surface area is 117 Å². The molecular weight excluding hydrogens is 263 g/mol. The van der Waals surface area contributed by atoms with Gasteiger partial charge in [-0.05, 0) is 31.0 Å². The molecule has 0 amide bonds. The van der Waals surface area contributed by atoms with Gasteiger partial charge in [0.2, 0.25) is 0 Å². The van der Waals surface area contributed by atoms with Gasteiger partial charge in [-0.15, -0.1) is 0 Å². The summed E-state index contributed by atoms with van der Waals surface area (Å²) in [7, 11) is 0. The largest absolute Gasteiger partial charge is 0.384 e. The van der Waals surface area contributed by atoms with Crippen molar-refractivity contribution >= 4 is 11.8 Å². The number of benzene rings is 1. The molecule has 0 spiro atoms. The summed E-state index contributed by atoms with van der Waals surface area (Å²) in [5, 5.41) is 9.23. The molecule has 1 aromatic rings. The number of ether oxygens (including phenoxy) is 1. The molecule has 1 N–H and O–H groups in total. The molecule has 2 unspecified atom stereocenters. The van der Waals surface area contributed by atoms with E-state index in [4.69, 9.17) is 9.84 Å². The van der Waals surface area contributed by atoms with E-state index < -0.39 is 0 Å². The summed E-state index contributed by atoms with van der Waals surface area (Å²) in [6.07, 6.45) is 1.34. The third kappa shape index (κ3) is 3.97. The van der Waals surface area contributed by atoms with Crippen LogP contribution >= 0.6 is 11.8 Å². The summed E-state index contributed by atoms with van der Waals surface area (Å²) < 4.78 is 18.7. The smallest absolute Gasteiger partial charge is 0.124 e. The van der Waals surface area contributed by atoms with Crippen molar-refractivity contribution < 1.29 is 14.2 Å². The number of aliphatic hydroxyl groups is 1. The molecule has 1 heterocycles. The van der Waals surface area contributed by atoms with E-state index in [2.05, 4.69) is 18.8 Å². The molecule has 4 heteroatoms. The molecule has 1 saturated heterocycles. The van der Waals surface area contributed by atoms with Crippen molar-refractivity contribution in [1.82, 2.24) is 0 Å². The third-order valence-corrected chi connectivity index (χ3v) is 4.66. The Balaban J connectivity index is 2.06. The highest BCUT2D eigenvalue weighted by molar-refractivity contribution is 7.99. The van der Waals surface area contributed by atoms with Crippen LogP contribution in [0.5, 0.6) is 0 Å². The lowest BCUT2D eigenvalue weighted by Gasteiger charge is -2.14. The molecular formula is C15H17FO2S. The first-order valence-electron chi connectivity index (χ1n) is 6.32. The number of hydrogen-bond donors (Lipinski definition) is 1. The maximum absolute atomic E-state index is 13.2. The van der Waals surface area contributed by atoms with E-state index in [0.717, 1.165) is 24.3 Å². The van der Waals surface area contributed by atoms with Gasteiger partial charge in [-0.3, -0.25) is 0 Å². The van der Waals surface area contributed by atoms with E-state index in [9.17, 15) is 4.39 Å². The Bertz CT molecular complexity index is 493. The first-order chi connectivity index (χ1) is 9.20. The minimum Gasteiger partial charge on any atom is -0.384 e. The second-order valence-electron chi connectivity index (χ2n) is 4.48. The van der Waals surface area contributed by atoms with Gasteiger partial charge in [0, 0.05) is 23.2 Å². The quantitative estimate of drug-likeness (QED) is 0.863. The van der Waals surface area contributed by atoms with Crippen molar-refractivity contribution in [3.8, 4) is 11.8 Å². The Morgan fingerprint density at radius 2 is 2.37 bits per heavy atom. The van der Waals surface area contributed by atoms with E-state index in [-0.39, 0.29) is 18.5 Å². The van der Waals surface area contributed by atoms with Crippen LogP contribution in [0.3, 0.4) is 0 Å². The predicted octanol–water partition coefficient (Wildman–Crippen LogP) is 2.58. The zero-order valence-electron chi connectivity index (χ0n) is 10.9. The van der Waals surface area contributed by atoms with Gasteiger partial charge in [0.05, 0.1) is 6.10 Å². The Hall–Kier alpha value is -1.02. The molecule has 0 aliphatic carbocycles. The topological polar surface area (TPSA) is 29.5 Å². The van der Waals surface area contributed by atoms with Gasteiger partial charge >= 0.3 is 0 Å². The number of thioether (sulfide) groups is 1. The molecule has 19 heavy (non-hydrogen) atoms. The SMILES string of the molecule is CC1OCCC1SCc1ccc(F)cc1C#CCO. The molecule has 2 nitrogen and oxygen atoms in total. The van der Waals surface area contributed by atoms with E-state index in [1.807, 2.05) is 11.8 Å². The summed E-state index contributed by atoms with van der Waals surface area (Å²) in [5.41, 5.74) is 1.67. The van der Waals surface area contributed by atoms with Crippen molar-refractivity contribution in [2.24, 2.45) is 0 Å². The van der Waals surface area contributed by atoms with E-state index >= 15 is 0 Å². The van der Waals surface area contributed by atoms with Crippen molar-refractivity contribution in [1.29, 1.82) is 0 Å². The molecule has 102 valence electrons. The molecule has 0 saturated carbocycles. The molecule has 0 bridgehead atoms. The van der Waals surface area contributed by atoms with Gasteiger partial charge < -0.3 is 9.84 Å². The average molecular weight is 280 g/mol. The summed E-state index contributed by atoms with van der Waals surface area (Å²) in [6.45, 7) is 2.69. The van der Waals surface area contributed by atoms with Crippen LogP contribution < -0.4 is 0 Å². The summed E-state index contributed by atoms with van der Waals surface area (Å²) in [4.78, 5) is 0. The van der Waals surface area contributed by atoms with Gasteiger partial charge in [-0.1, -0.05) is 17.9 Å². The van der Waals surface area contributed by atoms with Crippen LogP contribution in [-0.2, 0) is 10.5 Å². The lowest BCUT2D eigenvalue weighted by Crippen LogP contribution is -2.13. The Kier molecular flexibility index (Phi) is 5.26. The van der Waals surface area contributed by atoms with E-state index in [0.29, 0.717) is 10.8 Å². The Morgan fingerprint density at radius 1 is 1.53 bits per heavy atom. The van der Waals surface area contributed by atoms with Gasteiger partial charge in [0.1, 0.15) is 12.4 Å². The third-order valence-electron chi connectivity index (χ3n) is 3.13. The summed E-state index contributed by atoms with van der Waals surface area (Å²) in [5.74, 6) is 5.87. The second kappa shape index (κ2) is 6.95. The van der Waals surface area contributed by atoms with Gasteiger partial charge in [-0.25, -0.2) is 4.39 Å². The second-order valence-corrected chi connectivity index (χ2v) is 5.70. The van der Waals surface area contributed by atoms with Gasteiger partial charge in [0.15, 0.2) is 0 Å². The van der Waals surface area contributed by atoms with Crippen LogP contribution in [0, 0.1) is 17.7 Å². The summed E-state index contributed by atoms with van der Waals surface area (Å²) in [6, 6.07) is 4.64. The lowest BCUT2D eigenvalue weighted by molar-refractivity contribution is 0.127. The fourth-order valence-corrected chi connectivity index (χ4v) is 3.31. The van der Waals surface area contributed by atoms with Gasteiger partial charge in [0.25, 0.3) is 0 Å². The molecule has 2 atom stereocenters. The maximum Gasteiger partial charge on any atom is 0.124 e. The average Bonchev–Trinajstić information content (AvgIpc) is 2.81. The number of aliphatic hydroxyl groups excluding tert-OH is 1. The normalized spacial score (nSPS) is 22.1. The number of hydrogen-bond acceptors (Lipinski definition) is 3. The number of rotatable bonds is 3. The first kappa shape index (κ1) is 14.4. The highest BCUT2D eigenvalue weighted by Gasteiger charge is 2.24. The van der Waals surface area contributed by atoms with Crippen LogP contribution in [0.1, 0.15) is 24.5 Å². The summed E-state index contributed by atoms with van der Waals surface area (Å²) >= 11 is 1.82. The highest BCUT2D eigenvalue weighted by atomic mass is 32.2. The lowest BCUT2D eigenvalue weighted by atomic mass is 10.1. The van der Waals surface area contributed by atoms with Crippen molar-refractivity contribution in [3.05, 3.63) is 35.1 Å². The van der Waals surface area contributed by atoms with Crippen LogP contribution in [0.4, 0.5) is 4.39 Å². The van der Waals surface area contributed by atoms with Crippen LogP contribution in [0.25, 0.3) is 0 Å². The van der Waals surface area contributed by atoms with Crippen molar-refractivity contribution in [2.75, 3.05) is 13.2 Å². The maximum atomic E-state index is 13.2. The zero-order valence-corrected chi connectivity index (χ0v) is 11.7. The van der Waals surface area contributed by atoms with Crippen molar-refractivity contribution in [3.63, 3.8) is 0 Å². The first-order valence-corrected chi connectivity index (χ1v) is 7.37. The monoisotopic (exact) mass is 280 g/mol. The highest BCUT2D eigenvalue weighted by Crippen LogP contribution is 2.29. The molecule has 1 aliphatic heterocycles. The Morgan fingerprint density at radius 3 is 3.05 bits per heavy atom. The minimum atomic E-state index is -0.298. The van der Waals surface area contributed by atoms with Gasteiger partial charge in [-0.2, -0.15) is 11.8 Å². The molecule has 0 radical (unpaired) electrons. The zero-order chi connectivity index (χ0) is 13.7.